The lowest BCUT2D eigenvalue weighted by atomic mass is 9.95. The monoisotopic (exact) mass is 262 g/mol. The van der Waals surface area contributed by atoms with Gasteiger partial charge >= 0.3 is 0 Å². The van der Waals surface area contributed by atoms with Crippen molar-refractivity contribution in [1.82, 2.24) is 4.90 Å². The minimum atomic E-state index is 0.458. The molecule has 18 heavy (non-hydrogen) atoms. The number of thiophene rings is 1. The summed E-state index contributed by atoms with van der Waals surface area (Å²) >= 11 is 1.84. The Labute approximate surface area is 113 Å². The number of fused-ring (bicyclic) bond motifs is 1. The number of nitrogens with two attached hydrogens (primary N) is 1. The molecule has 2 aromatic rings. The van der Waals surface area contributed by atoms with Gasteiger partial charge in [-0.1, -0.05) is 25.1 Å². The highest BCUT2D eigenvalue weighted by Gasteiger charge is 2.20. The van der Waals surface area contributed by atoms with Gasteiger partial charge in [0.15, 0.2) is 0 Å². The molecule has 1 aromatic carbocycles. The van der Waals surface area contributed by atoms with Crippen LogP contribution < -0.4 is 5.73 Å². The third-order valence-electron chi connectivity index (χ3n) is 3.52. The van der Waals surface area contributed by atoms with Gasteiger partial charge in [-0.05, 0) is 55.4 Å². The third-order valence-corrected chi connectivity index (χ3v) is 4.50. The maximum Gasteiger partial charge on any atom is 0.0359 e. The Bertz CT molecular complexity index is 504. The third kappa shape index (κ3) is 2.74. The first-order valence-corrected chi connectivity index (χ1v) is 7.34. The maximum atomic E-state index is 5.77. The first-order chi connectivity index (χ1) is 8.63. The fourth-order valence-electron chi connectivity index (χ4n) is 2.35. The number of benzene rings is 1. The van der Waals surface area contributed by atoms with Gasteiger partial charge in [0.1, 0.15) is 0 Å². The van der Waals surface area contributed by atoms with E-state index in [1.54, 1.807) is 0 Å². The molecule has 3 heteroatoms. The van der Waals surface area contributed by atoms with Crippen LogP contribution in [-0.2, 0) is 0 Å². The van der Waals surface area contributed by atoms with E-state index in [9.17, 15) is 0 Å². The molecule has 2 unspecified atom stereocenters. The van der Waals surface area contributed by atoms with Crippen LogP contribution in [0.15, 0.2) is 29.6 Å². The molecule has 0 spiro atoms. The van der Waals surface area contributed by atoms with Crippen molar-refractivity contribution >= 4 is 21.4 Å². The fourth-order valence-corrected chi connectivity index (χ4v) is 3.36. The van der Waals surface area contributed by atoms with Crippen LogP contribution in [-0.4, -0.2) is 25.5 Å². The summed E-state index contributed by atoms with van der Waals surface area (Å²) < 4.78 is 1.37. The van der Waals surface area contributed by atoms with Crippen molar-refractivity contribution in [2.75, 3.05) is 20.6 Å². The largest absolute Gasteiger partial charge is 0.330 e. The minimum Gasteiger partial charge on any atom is -0.330 e. The second-order valence-electron chi connectivity index (χ2n) is 5.24. The highest BCUT2D eigenvalue weighted by molar-refractivity contribution is 7.17. The average molecular weight is 262 g/mol. The van der Waals surface area contributed by atoms with E-state index < -0.39 is 0 Å². The number of hydrogen-bond acceptors (Lipinski definition) is 3. The second kappa shape index (κ2) is 5.83. The molecule has 1 heterocycles. The van der Waals surface area contributed by atoms with Crippen LogP contribution in [0.1, 0.15) is 24.9 Å². The van der Waals surface area contributed by atoms with Crippen LogP contribution in [0.2, 0.25) is 0 Å². The van der Waals surface area contributed by atoms with Crippen LogP contribution in [0.4, 0.5) is 0 Å². The number of rotatable bonds is 5. The van der Waals surface area contributed by atoms with Gasteiger partial charge in [0.2, 0.25) is 0 Å². The zero-order valence-electron chi connectivity index (χ0n) is 11.4. The summed E-state index contributed by atoms with van der Waals surface area (Å²) in [6.45, 7) is 2.98. The van der Waals surface area contributed by atoms with Crippen molar-refractivity contribution in [3.63, 3.8) is 0 Å². The van der Waals surface area contributed by atoms with Crippen molar-refractivity contribution in [3.05, 3.63) is 35.2 Å². The average Bonchev–Trinajstić information content (AvgIpc) is 2.79. The predicted molar refractivity (Wildman–Crippen MR) is 81.1 cm³/mol. The second-order valence-corrected chi connectivity index (χ2v) is 6.15. The molecule has 0 saturated heterocycles. The number of nitrogens with zero attached hydrogens (tertiary/aromatic N) is 1. The fraction of sp³-hybridized carbons (Fsp3) is 0.467. The Morgan fingerprint density at radius 1 is 1.28 bits per heavy atom. The lowest BCUT2D eigenvalue weighted by molar-refractivity contribution is 0.257. The molecule has 0 aliphatic rings. The summed E-state index contributed by atoms with van der Waals surface area (Å²) in [6.07, 6.45) is 1.12. The predicted octanol–water partition coefficient (Wildman–Crippen LogP) is 3.49. The Morgan fingerprint density at radius 3 is 2.67 bits per heavy atom. The van der Waals surface area contributed by atoms with Gasteiger partial charge in [-0.15, -0.1) is 11.3 Å². The molecule has 98 valence electrons. The number of hydrogen-bond donors (Lipinski definition) is 1. The van der Waals surface area contributed by atoms with Gasteiger partial charge in [0.25, 0.3) is 0 Å². The highest BCUT2D eigenvalue weighted by Crippen LogP contribution is 2.35. The first kappa shape index (κ1) is 13.5. The summed E-state index contributed by atoms with van der Waals surface area (Å²) in [5, 5.41) is 3.70. The van der Waals surface area contributed by atoms with Crippen molar-refractivity contribution in [3.8, 4) is 0 Å². The summed E-state index contributed by atoms with van der Waals surface area (Å²) in [7, 11) is 4.31. The Balaban J connectivity index is 2.36. The molecule has 0 amide bonds. The minimum absolute atomic E-state index is 0.458. The molecular formula is C15H22N2S. The van der Waals surface area contributed by atoms with E-state index in [-0.39, 0.29) is 0 Å². The van der Waals surface area contributed by atoms with Gasteiger partial charge in [-0.2, -0.15) is 0 Å². The molecule has 0 bridgehead atoms. The van der Waals surface area contributed by atoms with Crippen LogP contribution >= 0.6 is 11.3 Å². The van der Waals surface area contributed by atoms with Crippen molar-refractivity contribution in [1.29, 1.82) is 0 Å². The Kier molecular flexibility index (Phi) is 4.38. The SMILES string of the molecule is CC(CN)CC(c1csc2ccccc12)N(C)C. The van der Waals surface area contributed by atoms with E-state index in [1.807, 2.05) is 11.3 Å². The lowest BCUT2D eigenvalue weighted by Gasteiger charge is -2.26. The zero-order chi connectivity index (χ0) is 13.1. The zero-order valence-corrected chi connectivity index (χ0v) is 12.2. The van der Waals surface area contributed by atoms with Crippen molar-refractivity contribution in [2.45, 2.75) is 19.4 Å². The molecule has 0 aliphatic carbocycles. The van der Waals surface area contributed by atoms with Crippen LogP contribution in [0.25, 0.3) is 10.1 Å². The van der Waals surface area contributed by atoms with Gasteiger partial charge in [-0.25, -0.2) is 0 Å². The van der Waals surface area contributed by atoms with E-state index in [0.29, 0.717) is 12.0 Å². The van der Waals surface area contributed by atoms with E-state index in [0.717, 1.165) is 13.0 Å². The van der Waals surface area contributed by atoms with Gasteiger partial charge in [0.05, 0.1) is 0 Å². The van der Waals surface area contributed by atoms with Crippen LogP contribution in [0.5, 0.6) is 0 Å². The highest BCUT2D eigenvalue weighted by atomic mass is 32.1. The van der Waals surface area contributed by atoms with Gasteiger partial charge < -0.3 is 10.6 Å². The molecule has 2 atom stereocenters. The molecule has 1 aromatic heterocycles. The molecule has 0 aliphatic heterocycles. The molecule has 0 fully saturated rings. The Hall–Kier alpha value is -0.900. The molecular weight excluding hydrogens is 240 g/mol. The van der Waals surface area contributed by atoms with Crippen molar-refractivity contribution in [2.24, 2.45) is 11.7 Å². The molecule has 2 N–H and O–H groups in total. The Morgan fingerprint density at radius 2 is 2.00 bits per heavy atom. The smallest absolute Gasteiger partial charge is 0.0359 e. The normalized spacial score (nSPS) is 15.2. The summed E-state index contributed by atoms with van der Waals surface area (Å²) in [5.41, 5.74) is 7.22. The van der Waals surface area contributed by atoms with E-state index >= 15 is 0 Å². The standard InChI is InChI=1S/C15H22N2S/c1-11(9-16)8-14(17(2)3)13-10-18-15-7-5-4-6-12(13)15/h4-7,10-11,14H,8-9,16H2,1-3H3. The lowest BCUT2D eigenvalue weighted by Crippen LogP contribution is -2.24. The summed E-state index contributed by atoms with van der Waals surface area (Å²) in [5.74, 6) is 0.552. The van der Waals surface area contributed by atoms with Crippen LogP contribution in [0, 0.1) is 5.92 Å². The van der Waals surface area contributed by atoms with Crippen molar-refractivity contribution < 1.29 is 0 Å². The van der Waals surface area contributed by atoms with Gasteiger partial charge in [-0.3, -0.25) is 0 Å². The van der Waals surface area contributed by atoms with Crippen LogP contribution in [0.3, 0.4) is 0 Å². The van der Waals surface area contributed by atoms with E-state index in [4.69, 9.17) is 5.73 Å². The topological polar surface area (TPSA) is 29.3 Å². The quantitative estimate of drug-likeness (QED) is 0.893. The molecule has 0 radical (unpaired) electrons. The maximum absolute atomic E-state index is 5.77. The summed E-state index contributed by atoms with van der Waals surface area (Å²) in [4.78, 5) is 2.31. The molecule has 2 rings (SSSR count). The van der Waals surface area contributed by atoms with E-state index in [1.165, 1.54) is 15.6 Å². The van der Waals surface area contributed by atoms with Gasteiger partial charge in [0, 0.05) is 10.7 Å². The van der Waals surface area contributed by atoms with E-state index in [2.05, 4.69) is 55.6 Å². The first-order valence-electron chi connectivity index (χ1n) is 6.46. The molecule has 0 saturated carbocycles. The summed E-state index contributed by atoms with van der Waals surface area (Å²) in [6, 6.07) is 9.11. The molecule has 2 nitrogen and oxygen atoms in total.